The van der Waals surface area contributed by atoms with E-state index in [0.717, 1.165) is 0 Å². The average molecular weight is 201 g/mol. The smallest absolute Gasteiger partial charge is 0.317 e. The molecule has 5 nitrogen and oxygen atoms in total. The van der Waals surface area contributed by atoms with Crippen LogP contribution < -0.4 is 9.42 Å². The Hall–Kier alpha value is -1.16. The highest BCUT2D eigenvalue weighted by atomic mass is 31.2. The quantitative estimate of drug-likeness (QED) is 0.562. The molecule has 0 amide bonds. The van der Waals surface area contributed by atoms with E-state index in [2.05, 4.69) is 4.52 Å². The fourth-order valence-electron chi connectivity index (χ4n) is 0.785. The van der Waals surface area contributed by atoms with Crippen LogP contribution in [0.2, 0.25) is 0 Å². The second-order valence-corrected chi connectivity index (χ2v) is 3.34. The molecule has 0 saturated carbocycles. The molecule has 6 heteroatoms. The normalized spacial score (nSPS) is 14.6. The van der Waals surface area contributed by atoms with Crippen molar-refractivity contribution in [2.45, 2.75) is 0 Å². The minimum Gasteiger partial charge on any atom is -0.746 e. The van der Waals surface area contributed by atoms with Crippen molar-refractivity contribution in [1.82, 2.24) is 0 Å². The van der Waals surface area contributed by atoms with Gasteiger partial charge < -0.3 is 14.3 Å². The molecule has 1 unspecified atom stereocenters. The zero-order chi connectivity index (χ0) is 9.90. The van der Waals surface area contributed by atoms with Crippen molar-refractivity contribution in [3.05, 3.63) is 29.8 Å². The molecule has 1 rings (SSSR count). The Morgan fingerprint density at radius 3 is 2.62 bits per heavy atom. The Bertz CT molecular complexity index is 356. The summed E-state index contributed by atoms with van der Waals surface area (Å²) in [6, 6.07) is 5.67. The highest BCUT2D eigenvalue weighted by Gasteiger charge is 2.07. The predicted molar refractivity (Wildman–Crippen MR) is 42.3 cm³/mol. The van der Waals surface area contributed by atoms with Gasteiger partial charge in [-0.15, -0.1) is 0 Å². The first-order valence-electron chi connectivity index (χ1n) is 3.30. The van der Waals surface area contributed by atoms with Crippen LogP contribution >= 0.6 is 7.82 Å². The number of carbonyl (C=O) groups is 1. The first-order chi connectivity index (χ1) is 6.03. The molecule has 0 aliphatic carbocycles. The molecule has 0 heterocycles. The summed E-state index contributed by atoms with van der Waals surface area (Å²) in [5.74, 6) is -0.182. The molecule has 70 valence electrons. The predicted octanol–water partition coefficient (Wildman–Crippen LogP) is 0.339. The highest BCUT2D eigenvalue weighted by Crippen LogP contribution is 2.34. The monoisotopic (exact) mass is 201 g/mol. The van der Waals surface area contributed by atoms with Gasteiger partial charge in [-0.05, 0) is 12.1 Å². The lowest BCUT2D eigenvalue weighted by Gasteiger charge is -2.17. The molecule has 0 aliphatic heterocycles. The summed E-state index contributed by atoms with van der Waals surface area (Å²) in [5, 5.41) is 0. The van der Waals surface area contributed by atoms with Gasteiger partial charge in [-0.3, -0.25) is 9.36 Å². The zero-order valence-corrected chi connectivity index (χ0v) is 7.31. The fraction of sp³-hybridized carbons (Fsp3) is 0. The first kappa shape index (κ1) is 9.92. The number of rotatable bonds is 3. The van der Waals surface area contributed by atoms with Gasteiger partial charge in [-0.1, -0.05) is 12.1 Å². The van der Waals surface area contributed by atoms with Crippen molar-refractivity contribution < 1.29 is 23.7 Å². The van der Waals surface area contributed by atoms with Crippen molar-refractivity contribution in [3.63, 3.8) is 0 Å². The molecule has 0 radical (unpaired) electrons. The largest absolute Gasteiger partial charge is 0.746 e. The molecule has 0 fully saturated rings. The summed E-state index contributed by atoms with van der Waals surface area (Å²) in [5.41, 5.74) is 0.0626. The summed E-state index contributed by atoms with van der Waals surface area (Å²) in [7, 11) is -4.84. The van der Waals surface area contributed by atoms with E-state index in [1.165, 1.54) is 18.2 Å². The van der Waals surface area contributed by atoms with E-state index in [-0.39, 0.29) is 11.3 Å². The molecule has 0 aliphatic rings. The Balaban J connectivity index is 3.00. The van der Waals surface area contributed by atoms with Crippen LogP contribution in [-0.4, -0.2) is 11.2 Å². The molecular formula is C7H6O5P-. The Labute approximate surface area is 74.2 Å². The number of phosphoric ester groups is 1. The second-order valence-electron chi connectivity index (χ2n) is 2.22. The van der Waals surface area contributed by atoms with E-state index in [4.69, 9.17) is 4.89 Å². The zero-order valence-electron chi connectivity index (χ0n) is 6.41. The maximum Gasteiger partial charge on any atom is 0.317 e. The lowest BCUT2D eigenvalue weighted by atomic mass is 10.2. The number of aldehydes is 1. The summed E-state index contributed by atoms with van der Waals surface area (Å²) in [4.78, 5) is 29.0. The number of phosphoric acid groups is 1. The van der Waals surface area contributed by atoms with Gasteiger partial charge in [0.15, 0.2) is 6.29 Å². The highest BCUT2D eigenvalue weighted by molar-refractivity contribution is 7.45. The van der Waals surface area contributed by atoms with E-state index in [1.807, 2.05) is 0 Å². The topological polar surface area (TPSA) is 86.7 Å². The Morgan fingerprint density at radius 2 is 2.08 bits per heavy atom. The Kier molecular flexibility index (Phi) is 2.83. The number of para-hydroxylation sites is 1. The number of hydrogen-bond acceptors (Lipinski definition) is 4. The molecule has 1 aromatic rings. The van der Waals surface area contributed by atoms with Gasteiger partial charge in [-0.2, -0.15) is 0 Å². The van der Waals surface area contributed by atoms with Crippen molar-refractivity contribution in [3.8, 4) is 5.75 Å². The summed E-state index contributed by atoms with van der Waals surface area (Å²) >= 11 is 0. The van der Waals surface area contributed by atoms with E-state index in [9.17, 15) is 14.3 Å². The van der Waals surface area contributed by atoms with Gasteiger partial charge in [0.2, 0.25) is 0 Å². The van der Waals surface area contributed by atoms with Crippen molar-refractivity contribution in [2.75, 3.05) is 0 Å². The molecule has 0 aromatic heterocycles. The van der Waals surface area contributed by atoms with Gasteiger partial charge in [0.25, 0.3) is 0 Å². The molecule has 1 atom stereocenters. The lowest BCUT2D eigenvalue weighted by molar-refractivity contribution is -0.211. The lowest BCUT2D eigenvalue weighted by Crippen LogP contribution is -2.06. The van der Waals surface area contributed by atoms with E-state index in [0.29, 0.717) is 6.29 Å². The Morgan fingerprint density at radius 1 is 1.46 bits per heavy atom. The van der Waals surface area contributed by atoms with Gasteiger partial charge in [0.1, 0.15) is 5.75 Å². The molecular weight excluding hydrogens is 195 g/mol. The molecule has 0 saturated heterocycles. The van der Waals surface area contributed by atoms with Crippen LogP contribution in [-0.2, 0) is 4.57 Å². The van der Waals surface area contributed by atoms with E-state index in [1.54, 1.807) is 6.07 Å². The van der Waals surface area contributed by atoms with Crippen LogP contribution in [0.25, 0.3) is 0 Å². The van der Waals surface area contributed by atoms with Gasteiger partial charge in [-0.25, -0.2) is 0 Å². The first-order valence-corrected chi connectivity index (χ1v) is 4.80. The van der Waals surface area contributed by atoms with Crippen molar-refractivity contribution in [2.24, 2.45) is 0 Å². The molecule has 1 N–H and O–H groups in total. The van der Waals surface area contributed by atoms with Crippen LogP contribution in [0.5, 0.6) is 5.75 Å². The number of hydrogen-bond donors (Lipinski definition) is 1. The molecule has 1 aromatic carbocycles. The maximum absolute atomic E-state index is 10.4. The standard InChI is InChI=1S/C7H7O5P/c8-5-6-3-1-2-4-7(6)12-13(9,10)11/h1-5H,(H2,9,10,11)/p-1. The van der Waals surface area contributed by atoms with Gasteiger partial charge in [0, 0.05) is 0 Å². The average Bonchev–Trinajstić information content (AvgIpc) is 2.02. The summed E-state index contributed by atoms with van der Waals surface area (Å²) in [6.07, 6.45) is 0.436. The number of carbonyl (C=O) groups excluding carboxylic acids is 1. The summed E-state index contributed by atoms with van der Waals surface area (Å²) in [6.45, 7) is 0. The van der Waals surface area contributed by atoms with Crippen LogP contribution in [0.1, 0.15) is 10.4 Å². The fourth-order valence-corrected chi connectivity index (χ4v) is 1.20. The molecule has 0 bridgehead atoms. The minimum absolute atomic E-state index is 0.0626. The SMILES string of the molecule is O=Cc1ccccc1OP(=O)([O-])O. The van der Waals surface area contributed by atoms with Crippen molar-refractivity contribution >= 4 is 14.1 Å². The third kappa shape index (κ3) is 2.99. The second kappa shape index (κ2) is 3.70. The number of benzene rings is 1. The molecule has 0 spiro atoms. The van der Waals surface area contributed by atoms with Crippen LogP contribution in [0.3, 0.4) is 0 Å². The van der Waals surface area contributed by atoms with E-state index >= 15 is 0 Å². The van der Waals surface area contributed by atoms with E-state index < -0.39 is 7.82 Å². The summed E-state index contributed by atoms with van der Waals surface area (Å²) < 4.78 is 14.5. The van der Waals surface area contributed by atoms with Crippen LogP contribution in [0, 0.1) is 0 Å². The maximum atomic E-state index is 10.4. The third-order valence-electron chi connectivity index (χ3n) is 1.26. The van der Waals surface area contributed by atoms with Gasteiger partial charge in [0.05, 0.1) is 5.56 Å². The van der Waals surface area contributed by atoms with Crippen LogP contribution in [0.4, 0.5) is 0 Å². The van der Waals surface area contributed by atoms with Gasteiger partial charge >= 0.3 is 7.82 Å². The van der Waals surface area contributed by atoms with Crippen molar-refractivity contribution in [1.29, 1.82) is 0 Å². The molecule has 13 heavy (non-hydrogen) atoms. The minimum atomic E-state index is -4.84. The third-order valence-corrected chi connectivity index (χ3v) is 1.69. The van der Waals surface area contributed by atoms with Crippen LogP contribution in [0.15, 0.2) is 24.3 Å².